The third kappa shape index (κ3) is 2.99. The normalized spacial score (nSPS) is 21.5. The Morgan fingerprint density at radius 3 is 2.46 bits per heavy atom. The fourth-order valence-electron chi connectivity index (χ4n) is 1.73. The van der Waals surface area contributed by atoms with Gasteiger partial charge in [0, 0.05) is 6.04 Å². The molecule has 13 heavy (non-hydrogen) atoms. The SMILES string of the molecule is CC(C)CC(C)(NC1CC1)C(N)=O. The topological polar surface area (TPSA) is 55.1 Å². The van der Waals surface area contributed by atoms with Gasteiger partial charge in [0.05, 0.1) is 5.54 Å². The molecular weight excluding hydrogens is 164 g/mol. The van der Waals surface area contributed by atoms with Crippen LogP contribution in [0.15, 0.2) is 0 Å². The van der Waals surface area contributed by atoms with Crippen molar-refractivity contribution in [3.8, 4) is 0 Å². The van der Waals surface area contributed by atoms with Gasteiger partial charge >= 0.3 is 0 Å². The Hall–Kier alpha value is -0.570. The van der Waals surface area contributed by atoms with Crippen LogP contribution in [0, 0.1) is 5.92 Å². The molecule has 0 heterocycles. The van der Waals surface area contributed by atoms with E-state index >= 15 is 0 Å². The second-order valence-electron chi connectivity index (χ2n) is 4.71. The standard InChI is InChI=1S/C10H20N2O/c1-7(2)6-10(3,9(11)13)12-8-4-5-8/h7-8,12H,4-6H2,1-3H3,(H2,11,13). The fourth-order valence-corrected chi connectivity index (χ4v) is 1.73. The maximum Gasteiger partial charge on any atom is 0.237 e. The molecule has 0 aliphatic heterocycles. The molecule has 1 amide bonds. The molecule has 3 N–H and O–H groups in total. The zero-order valence-electron chi connectivity index (χ0n) is 8.76. The van der Waals surface area contributed by atoms with Crippen molar-refractivity contribution in [1.82, 2.24) is 5.32 Å². The van der Waals surface area contributed by atoms with Crippen molar-refractivity contribution in [2.45, 2.75) is 51.6 Å². The minimum atomic E-state index is -0.505. The number of amides is 1. The predicted octanol–water partition coefficient (Wildman–Crippen LogP) is 1.03. The van der Waals surface area contributed by atoms with Crippen LogP contribution in [-0.4, -0.2) is 17.5 Å². The molecule has 1 rings (SSSR count). The zero-order valence-corrected chi connectivity index (χ0v) is 8.76. The molecule has 1 atom stereocenters. The third-order valence-electron chi connectivity index (χ3n) is 2.46. The highest BCUT2D eigenvalue weighted by Gasteiger charge is 2.37. The van der Waals surface area contributed by atoms with E-state index in [1.54, 1.807) is 0 Å². The van der Waals surface area contributed by atoms with Gasteiger partial charge in [-0.1, -0.05) is 13.8 Å². The molecule has 1 saturated carbocycles. The Kier molecular flexibility index (Phi) is 2.96. The molecule has 0 aromatic carbocycles. The number of rotatable bonds is 5. The highest BCUT2D eigenvalue weighted by Crippen LogP contribution is 2.25. The summed E-state index contributed by atoms with van der Waals surface area (Å²) in [6.45, 7) is 6.12. The number of hydrogen-bond donors (Lipinski definition) is 2. The van der Waals surface area contributed by atoms with Gasteiger partial charge in [-0.2, -0.15) is 0 Å². The molecule has 3 heteroatoms. The van der Waals surface area contributed by atoms with Crippen molar-refractivity contribution in [2.75, 3.05) is 0 Å². The molecule has 0 spiro atoms. The van der Waals surface area contributed by atoms with E-state index in [0.29, 0.717) is 12.0 Å². The van der Waals surface area contributed by atoms with Crippen LogP contribution in [-0.2, 0) is 4.79 Å². The summed E-state index contributed by atoms with van der Waals surface area (Å²) >= 11 is 0. The molecular formula is C10H20N2O. The van der Waals surface area contributed by atoms with Crippen molar-refractivity contribution in [2.24, 2.45) is 11.7 Å². The minimum absolute atomic E-state index is 0.229. The second-order valence-corrected chi connectivity index (χ2v) is 4.71. The number of carbonyl (C=O) groups is 1. The van der Waals surface area contributed by atoms with Crippen LogP contribution in [0.25, 0.3) is 0 Å². The summed E-state index contributed by atoms with van der Waals surface area (Å²) in [6, 6.07) is 0.524. The van der Waals surface area contributed by atoms with Crippen molar-refractivity contribution >= 4 is 5.91 Å². The predicted molar refractivity (Wildman–Crippen MR) is 53.2 cm³/mol. The Morgan fingerprint density at radius 2 is 2.15 bits per heavy atom. The number of hydrogen-bond acceptors (Lipinski definition) is 2. The number of primary amides is 1. The van der Waals surface area contributed by atoms with Crippen LogP contribution in [0.5, 0.6) is 0 Å². The van der Waals surface area contributed by atoms with Gasteiger partial charge in [-0.05, 0) is 32.1 Å². The Bertz CT molecular complexity index is 193. The molecule has 76 valence electrons. The van der Waals surface area contributed by atoms with Gasteiger partial charge < -0.3 is 11.1 Å². The summed E-state index contributed by atoms with van der Waals surface area (Å²) < 4.78 is 0. The van der Waals surface area contributed by atoms with Crippen LogP contribution in [0.3, 0.4) is 0 Å². The maximum atomic E-state index is 11.3. The molecule has 0 aromatic rings. The number of nitrogens with one attached hydrogen (secondary N) is 1. The van der Waals surface area contributed by atoms with E-state index in [2.05, 4.69) is 19.2 Å². The van der Waals surface area contributed by atoms with E-state index in [4.69, 9.17) is 5.73 Å². The lowest BCUT2D eigenvalue weighted by atomic mass is 9.90. The van der Waals surface area contributed by atoms with Crippen LogP contribution < -0.4 is 11.1 Å². The van der Waals surface area contributed by atoms with Crippen molar-refractivity contribution in [3.05, 3.63) is 0 Å². The van der Waals surface area contributed by atoms with E-state index in [1.165, 1.54) is 12.8 Å². The first-order chi connectivity index (χ1) is 5.94. The third-order valence-corrected chi connectivity index (χ3v) is 2.46. The lowest BCUT2D eigenvalue weighted by molar-refractivity contribution is -0.124. The Morgan fingerprint density at radius 1 is 1.62 bits per heavy atom. The maximum absolute atomic E-state index is 11.3. The molecule has 0 radical (unpaired) electrons. The van der Waals surface area contributed by atoms with Gasteiger partial charge in [0.2, 0.25) is 5.91 Å². The lowest BCUT2D eigenvalue weighted by Crippen LogP contribution is -2.54. The Labute approximate surface area is 80.1 Å². The van der Waals surface area contributed by atoms with Gasteiger partial charge in [-0.15, -0.1) is 0 Å². The summed E-state index contributed by atoms with van der Waals surface area (Å²) in [5, 5.41) is 3.32. The first kappa shape index (κ1) is 10.5. The quantitative estimate of drug-likeness (QED) is 0.670. The first-order valence-electron chi connectivity index (χ1n) is 5.01. The lowest BCUT2D eigenvalue weighted by Gasteiger charge is -2.29. The summed E-state index contributed by atoms with van der Waals surface area (Å²) in [6.07, 6.45) is 3.18. The monoisotopic (exact) mass is 184 g/mol. The van der Waals surface area contributed by atoms with Crippen molar-refractivity contribution < 1.29 is 4.79 Å². The van der Waals surface area contributed by atoms with Crippen LogP contribution in [0.1, 0.15) is 40.0 Å². The van der Waals surface area contributed by atoms with Crippen LogP contribution >= 0.6 is 0 Å². The van der Waals surface area contributed by atoms with E-state index in [-0.39, 0.29) is 5.91 Å². The van der Waals surface area contributed by atoms with E-state index < -0.39 is 5.54 Å². The largest absolute Gasteiger partial charge is 0.368 e. The first-order valence-corrected chi connectivity index (χ1v) is 5.01. The van der Waals surface area contributed by atoms with Crippen LogP contribution in [0.4, 0.5) is 0 Å². The summed E-state index contributed by atoms with van der Waals surface area (Å²) in [5.41, 5.74) is 4.89. The summed E-state index contributed by atoms with van der Waals surface area (Å²) in [5.74, 6) is 0.261. The smallest absolute Gasteiger partial charge is 0.237 e. The van der Waals surface area contributed by atoms with Gasteiger partial charge in [0.25, 0.3) is 0 Å². The molecule has 1 unspecified atom stereocenters. The Balaban J connectivity index is 2.55. The minimum Gasteiger partial charge on any atom is -0.368 e. The van der Waals surface area contributed by atoms with E-state index in [1.807, 2.05) is 6.92 Å². The molecule has 1 fully saturated rings. The average molecular weight is 184 g/mol. The fraction of sp³-hybridized carbons (Fsp3) is 0.900. The number of carbonyl (C=O) groups excluding carboxylic acids is 1. The van der Waals surface area contributed by atoms with Crippen molar-refractivity contribution in [1.29, 1.82) is 0 Å². The van der Waals surface area contributed by atoms with Gasteiger partial charge in [0.1, 0.15) is 0 Å². The molecule has 1 aliphatic rings. The summed E-state index contributed by atoms with van der Waals surface area (Å²) in [7, 11) is 0. The average Bonchev–Trinajstić information content (AvgIpc) is 2.69. The molecule has 0 bridgehead atoms. The highest BCUT2D eigenvalue weighted by atomic mass is 16.1. The van der Waals surface area contributed by atoms with E-state index in [9.17, 15) is 4.79 Å². The number of nitrogens with two attached hydrogens (primary N) is 1. The summed E-state index contributed by atoms with van der Waals surface area (Å²) in [4.78, 5) is 11.3. The van der Waals surface area contributed by atoms with E-state index in [0.717, 1.165) is 6.42 Å². The molecule has 1 aliphatic carbocycles. The van der Waals surface area contributed by atoms with Crippen LogP contribution in [0.2, 0.25) is 0 Å². The van der Waals surface area contributed by atoms with Gasteiger partial charge in [-0.25, -0.2) is 0 Å². The molecule has 3 nitrogen and oxygen atoms in total. The second kappa shape index (κ2) is 3.66. The van der Waals surface area contributed by atoms with Crippen molar-refractivity contribution in [3.63, 3.8) is 0 Å². The van der Waals surface area contributed by atoms with Gasteiger partial charge in [0.15, 0.2) is 0 Å². The van der Waals surface area contributed by atoms with Gasteiger partial charge in [-0.3, -0.25) is 4.79 Å². The zero-order chi connectivity index (χ0) is 10.1. The highest BCUT2D eigenvalue weighted by molar-refractivity contribution is 5.84. The molecule has 0 saturated heterocycles. The molecule has 0 aromatic heterocycles.